The molecule has 0 radical (unpaired) electrons. The van der Waals surface area contributed by atoms with Crippen LogP contribution >= 0.6 is 11.8 Å². The van der Waals surface area contributed by atoms with Crippen LogP contribution in [0.25, 0.3) is 11.4 Å². The highest BCUT2D eigenvalue weighted by Crippen LogP contribution is 2.24. The number of ether oxygens (including phenoxy) is 1. The minimum Gasteiger partial charge on any atom is -0.497 e. The summed E-state index contributed by atoms with van der Waals surface area (Å²) >= 11 is 1.55. The molecular formula is C21H21N5O4S. The number of nitrogens with one attached hydrogen (secondary N) is 1. The molecule has 3 aromatic rings. The number of aromatic nitrogens is 3. The maximum Gasteiger partial charge on any atom is 0.248 e. The zero-order valence-electron chi connectivity index (χ0n) is 16.9. The predicted octanol–water partition coefficient (Wildman–Crippen LogP) is 2.61. The lowest BCUT2D eigenvalue weighted by Crippen LogP contribution is -2.44. The first kappa shape index (κ1) is 20.9. The van der Waals surface area contributed by atoms with Gasteiger partial charge in [0.25, 0.3) is 0 Å². The van der Waals surface area contributed by atoms with E-state index in [-0.39, 0.29) is 18.2 Å². The molecular weight excluding hydrogens is 418 g/mol. The molecule has 160 valence electrons. The first-order valence-corrected chi connectivity index (χ1v) is 10.8. The van der Waals surface area contributed by atoms with Crippen molar-refractivity contribution in [2.75, 3.05) is 24.1 Å². The molecule has 9 nitrogen and oxygen atoms in total. The second-order valence-electron chi connectivity index (χ2n) is 6.84. The lowest BCUT2D eigenvalue weighted by Gasteiger charge is -2.23. The quantitative estimate of drug-likeness (QED) is 0.598. The first-order chi connectivity index (χ1) is 15.1. The van der Waals surface area contributed by atoms with E-state index in [2.05, 4.69) is 20.4 Å². The first-order valence-electron chi connectivity index (χ1n) is 9.69. The molecule has 1 aliphatic rings. The topological polar surface area (TPSA) is 110 Å². The van der Waals surface area contributed by atoms with Gasteiger partial charge in [-0.15, -0.1) is 11.8 Å². The SMILES string of the molecule is COc1ccc(NC(=O)[C@H]2CSCN2C(=O)CCc2nc(-c3ccncc3)no2)cc1. The molecule has 0 bridgehead atoms. The molecule has 1 fully saturated rings. The van der Waals surface area contributed by atoms with Crippen LogP contribution in [0.15, 0.2) is 53.3 Å². The number of carbonyl (C=O) groups is 2. The number of pyridine rings is 1. The van der Waals surface area contributed by atoms with Crippen LogP contribution < -0.4 is 10.1 Å². The van der Waals surface area contributed by atoms with Gasteiger partial charge in [-0.05, 0) is 36.4 Å². The van der Waals surface area contributed by atoms with Crippen molar-refractivity contribution >= 4 is 29.3 Å². The van der Waals surface area contributed by atoms with E-state index in [1.807, 2.05) is 0 Å². The normalized spacial score (nSPS) is 15.6. The summed E-state index contributed by atoms with van der Waals surface area (Å²) in [6.07, 6.45) is 3.80. The van der Waals surface area contributed by atoms with E-state index in [0.29, 0.717) is 41.2 Å². The Hall–Kier alpha value is -3.40. The van der Waals surface area contributed by atoms with Gasteiger partial charge in [0.1, 0.15) is 11.8 Å². The van der Waals surface area contributed by atoms with Crippen molar-refractivity contribution < 1.29 is 18.8 Å². The Morgan fingerprint density at radius 1 is 1.23 bits per heavy atom. The number of rotatable bonds is 7. The summed E-state index contributed by atoms with van der Waals surface area (Å²) in [5.41, 5.74) is 1.45. The molecule has 31 heavy (non-hydrogen) atoms. The van der Waals surface area contributed by atoms with Crippen LogP contribution in [-0.4, -0.2) is 56.6 Å². The fourth-order valence-electron chi connectivity index (χ4n) is 3.14. The highest BCUT2D eigenvalue weighted by atomic mass is 32.2. The number of hydrogen-bond acceptors (Lipinski definition) is 8. The summed E-state index contributed by atoms with van der Waals surface area (Å²) in [7, 11) is 1.58. The van der Waals surface area contributed by atoms with Gasteiger partial charge in [-0.1, -0.05) is 5.16 Å². The van der Waals surface area contributed by atoms with Crippen LogP contribution in [0.1, 0.15) is 12.3 Å². The van der Waals surface area contributed by atoms with Gasteiger partial charge in [0.15, 0.2) is 0 Å². The lowest BCUT2D eigenvalue weighted by molar-refractivity contribution is -0.136. The lowest BCUT2D eigenvalue weighted by atomic mass is 10.2. The van der Waals surface area contributed by atoms with Crippen molar-refractivity contribution in [2.45, 2.75) is 18.9 Å². The Bertz CT molecular complexity index is 1040. The van der Waals surface area contributed by atoms with Gasteiger partial charge < -0.3 is 19.5 Å². The summed E-state index contributed by atoms with van der Waals surface area (Å²) in [6, 6.07) is 10.1. The van der Waals surface area contributed by atoms with Crippen LogP contribution in [0.4, 0.5) is 5.69 Å². The number of thioether (sulfide) groups is 1. The Morgan fingerprint density at radius 3 is 2.74 bits per heavy atom. The Balaban J connectivity index is 1.33. The number of amides is 2. The van der Waals surface area contributed by atoms with Gasteiger partial charge in [0, 0.05) is 42.2 Å². The summed E-state index contributed by atoms with van der Waals surface area (Å²) in [5.74, 6) is 2.25. The Morgan fingerprint density at radius 2 is 2.00 bits per heavy atom. The maximum atomic E-state index is 12.8. The van der Waals surface area contributed by atoms with Crippen molar-refractivity contribution in [2.24, 2.45) is 0 Å². The summed E-state index contributed by atoms with van der Waals surface area (Å²) < 4.78 is 10.4. The third-order valence-corrected chi connectivity index (χ3v) is 5.83. The summed E-state index contributed by atoms with van der Waals surface area (Å²) in [5, 5.41) is 6.82. The average Bonchev–Trinajstić information content (AvgIpc) is 3.49. The number of hydrogen-bond donors (Lipinski definition) is 1. The molecule has 1 N–H and O–H groups in total. The fourth-order valence-corrected chi connectivity index (χ4v) is 4.32. The molecule has 4 rings (SSSR count). The highest BCUT2D eigenvalue weighted by molar-refractivity contribution is 7.99. The number of methoxy groups -OCH3 is 1. The molecule has 1 atom stereocenters. The van der Waals surface area contributed by atoms with E-state index in [1.54, 1.807) is 72.6 Å². The number of nitrogens with zero attached hydrogens (tertiary/aromatic N) is 4. The number of aryl methyl sites for hydroxylation is 1. The van der Waals surface area contributed by atoms with Crippen LogP contribution in [0.3, 0.4) is 0 Å². The number of benzene rings is 1. The van der Waals surface area contributed by atoms with E-state index in [1.165, 1.54) is 0 Å². The third-order valence-electron chi connectivity index (χ3n) is 4.82. The summed E-state index contributed by atoms with van der Waals surface area (Å²) in [6.45, 7) is 0. The molecule has 1 aromatic carbocycles. The molecule has 2 amide bonds. The highest BCUT2D eigenvalue weighted by Gasteiger charge is 2.34. The van der Waals surface area contributed by atoms with Crippen LogP contribution in [-0.2, 0) is 16.0 Å². The average molecular weight is 439 g/mol. The van der Waals surface area contributed by atoms with Crippen molar-refractivity contribution in [3.05, 3.63) is 54.7 Å². The second kappa shape index (κ2) is 9.61. The van der Waals surface area contributed by atoms with Gasteiger partial charge in [0.05, 0.1) is 13.0 Å². The van der Waals surface area contributed by atoms with E-state index >= 15 is 0 Å². The standard InChI is InChI=1S/C21H21N5O4S/c1-29-16-4-2-15(3-5-16)23-21(28)17-12-31-13-26(17)19(27)7-6-18-24-20(25-30-18)14-8-10-22-11-9-14/h2-5,8-11,17H,6-7,12-13H2,1H3,(H,23,28)/t17-/m1/s1. The minimum atomic E-state index is -0.519. The van der Waals surface area contributed by atoms with Crippen molar-refractivity contribution in [3.8, 4) is 17.1 Å². The number of anilines is 1. The smallest absolute Gasteiger partial charge is 0.248 e. The number of carbonyl (C=O) groups excluding carboxylic acids is 2. The zero-order chi connectivity index (χ0) is 21.6. The Kier molecular flexibility index (Phi) is 6.46. The largest absolute Gasteiger partial charge is 0.497 e. The van der Waals surface area contributed by atoms with Gasteiger partial charge in [-0.25, -0.2) is 0 Å². The van der Waals surface area contributed by atoms with Crippen LogP contribution in [0.5, 0.6) is 5.75 Å². The monoisotopic (exact) mass is 439 g/mol. The van der Waals surface area contributed by atoms with E-state index in [4.69, 9.17) is 9.26 Å². The molecule has 10 heteroatoms. The van der Waals surface area contributed by atoms with E-state index < -0.39 is 6.04 Å². The van der Waals surface area contributed by atoms with Crippen LogP contribution in [0.2, 0.25) is 0 Å². The van der Waals surface area contributed by atoms with E-state index in [0.717, 1.165) is 5.56 Å². The molecule has 0 spiro atoms. The minimum absolute atomic E-state index is 0.122. The van der Waals surface area contributed by atoms with Crippen molar-refractivity contribution in [3.63, 3.8) is 0 Å². The predicted molar refractivity (Wildman–Crippen MR) is 115 cm³/mol. The molecule has 2 aromatic heterocycles. The van der Waals surface area contributed by atoms with Crippen LogP contribution in [0, 0.1) is 0 Å². The van der Waals surface area contributed by atoms with Gasteiger partial charge in [-0.2, -0.15) is 4.98 Å². The van der Waals surface area contributed by atoms with Gasteiger partial charge >= 0.3 is 0 Å². The summed E-state index contributed by atoms with van der Waals surface area (Å²) in [4.78, 5) is 35.4. The van der Waals surface area contributed by atoms with E-state index in [9.17, 15) is 9.59 Å². The molecule has 0 saturated carbocycles. The molecule has 3 heterocycles. The van der Waals surface area contributed by atoms with Gasteiger partial charge in [-0.3, -0.25) is 14.6 Å². The maximum absolute atomic E-state index is 12.8. The second-order valence-corrected chi connectivity index (χ2v) is 7.84. The third kappa shape index (κ3) is 5.02. The Labute approximate surface area is 183 Å². The van der Waals surface area contributed by atoms with Gasteiger partial charge in [0.2, 0.25) is 23.5 Å². The van der Waals surface area contributed by atoms with Crippen molar-refractivity contribution in [1.29, 1.82) is 0 Å². The molecule has 1 aliphatic heterocycles. The fraction of sp³-hybridized carbons (Fsp3) is 0.286. The molecule has 0 aliphatic carbocycles. The zero-order valence-corrected chi connectivity index (χ0v) is 17.7. The van der Waals surface area contributed by atoms with Crippen molar-refractivity contribution in [1.82, 2.24) is 20.0 Å². The molecule has 1 saturated heterocycles. The molecule has 0 unspecified atom stereocenters.